The van der Waals surface area contributed by atoms with E-state index >= 15 is 0 Å². The Morgan fingerprint density at radius 2 is 2.17 bits per heavy atom. The number of anilines is 1. The van der Waals surface area contributed by atoms with Crippen LogP contribution >= 0.6 is 23.2 Å². The number of hydrogen-bond donors (Lipinski definition) is 1. The molecular formula is C15H17Cl2N3O3S. The molecule has 9 heteroatoms. The number of hydrogen-bond acceptors (Lipinski definition) is 4. The van der Waals surface area contributed by atoms with E-state index in [0.29, 0.717) is 17.3 Å². The van der Waals surface area contributed by atoms with Gasteiger partial charge in [0.1, 0.15) is 4.90 Å². The molecule has 1 aromatic carbocycles. The van der Waals surface area contributed by atoms with E-state index in [1.165, 1.54) is 24.4 Å². The molecule has 1 aliphatic rings. The second-order valence-corrected chi connectivity index (χ2v) is 8.11. The van der Waals surface area contributed by atoms with E-state index in [2.05, 4.69) is 9.82 Å². The highest BCUT2D eigenvalue weighted by Gasteiger charge is 2.20. The first kappa shape index (κ1) is 17.5. The van der Waals surface area contributed by atoms with Gasteiger partial charge < -0.3 is 4.74 Å². The summed E-state index contributed by atoms with van der Waals surface area (Å²) < 4.78 is 34.7. The number of aromatic nitrogens is 2. The van der Waals surface area contributed by atoms with Gasteiger partial charge in [0.25, 0.3) is 10.0 Å². The molecular weight excluding hydrogens is 373 g/mol. The maximum atomic E-state index is 12.5. The van der Waals surface area contributed by atoms with Gasteiger partial charge in [-0.25, -0.2) is 8.42 Å². The molecule has 0 spiro atoms. The molecule has 1 aliphatic heterocycles. The van der Waals surface area contributed by atoms with E-state index in [9.17, 15) is 8.42 Å². The van der Waals surface area contributed by atoms with Gasteiger partial charge in [0.05, 0.1) is 29.6 Å². The van der Waals surface area contributed by atoms with Gasteiger partial charge in [-0.3, -0.25) is 9.40 Å². The Kier molecular flexibility index (Phi) is 5.34. The molecule has 0 amide bonds. The molecule has 0 unspecified atom stereocenters. The van der Waals surface area contributed by atoms with Crippen molar-refractivity contribution in [2.24, 2.45) is 0 Å². The zero-order valence-electron chi connectivity index (χ0n) is 12.8. The van der Waals surface area contributed by atoms with Crippen molar-refractivity contribution in [2.45, 2.75) is 36.8 Å². The van der Waals surface area contributed by atoms with Gasteiger partial charge in [-0.05, 0) is 37.5 Å². The molecule has 0 saturated carbocycles. The summed E-state index contributed by atoms with van der Waals surface area (Å²) >= 11 is 11.8. The van der Waals surface area contributed by atoms with E-state index in [1.807, 2.05) is 0 Å². The Bertz CT molecular complexity index is 817. The van der Waals surface area contributed by atoms with Crippen molar-refractivity contribution in [3.63, 3.8) is 0 Å². The van der Waals surface area contributed by atoms with E-state index in [4.69, 9.17) is 27.9 Å². The van der Waals surface area contributed by atoms with Gasteiger partial charge in [-0.15, -0.1) is 0 Å². The van der Waals surface area contributed by atoms with Crippen LogP contribution in [0.1, 0.15) is 19.3 Å². The van der Waals surface area contributed by atoms with Crippen molar-refractivity contribution in [1.29, 1.82) is 0 Å². The fraction of sp³-hybridized carbons (Fsp3) is 0.400. The molecule has 1 atom stereocenters. The van der Waals surface area contributed by atoms with Crippen LogP contribution in [0.15, 0.2) is 35.5 Å². The number of rotatable bonds is 5. The SMILES string of the molecule is O=S(=O)(Nc1cnn(C[C@H]2CCCCO2)c1)c1cc(Cl)ccc1Cl. The summed E-state index contributed by atoms with van der Waals surface area (Å²) in [7, 11) is -3.84. The summed E-state index contributed by atoms with van der Waals surface area (Å²) in [5.74, 6) is 0. The number of halogens is 2. The Labute approximate surface area is 150 Å². The molecule has 2 heterocycles. The summed E-state index contributed by atoms with van der Waals surface area (Å²) in [5.41, 5.74) is 0.363. The zero-order chi connectivity index (χ0) is 17.2. The van der Waals surface area contributed by atoms with Crippen LogP contribution in [0.25, 0.3) is 0 Å². The minimum atomic E-state index is -3.84. The Hall–Kier alpha value is -1.28. The molecule has 0 aliphatic carbocycles. The summed E-state index contributed by atoms with van der Waals surface area (Å²) in [6.45, 7) is 1.36. The van der Waals surface area contributed by atoms with Gasteiger partial charge in [0.2, 0.25) is 0 Å². The maximum absolute atomic E-state index is 12.5. The molecule has 0 bridgehead atoms. The predicted molar refractivity (Wildman–Crippen MR) is 93.1 cm³/mol. The van der Waals surface area contributed by atoms with Crippen LogP contribution < -0.4 is 4.72 Å². The lowest BCUT2D eigenvalue weighted by Crippen LogP contribution is -2.24. The van der Waals surface area contributed by atoms with Crippen molar-refractivity contribution in [3.05, 3.63) is 40.6 Å². The normalized spacial score (nSPS) is 18.5. The van der Waals surface area contributed by atoms with Gasteiger partial charge in [-0.1, -0.05) is 23.2 Å². The lowest BCUT2D eigenvalue weighted by atomic mass is 10.1. The monoisotopic (exact) mass is 389 g/mol. The third kappa shape index (κ3) is 4.22. The van der Waals surface area contributed by atoms with Gasteiger partial charge in [0, 0.05) is 17.8 Å². The molecule has 1 N–H and O–H groups in total. The highest BCUT2D eigenvalue weighted by Crippen LogP contribution is 2.26. The number of nitrogens with one attached hydrogen (secondary N) is 1. The quantitative estimate of drug-likeness (QED) is 0.847. The molecule has 1 saturated heterocycles. The molecule has 130 valence electrons. The summed E-state index contributed by atoms with van der Waals surface area (Å²) in [6.07, 6.45) is 6.41. The van der Waals surface area contributed by atoms with E-state index in [1.54, 1.807) is 10.9 Å². The van der Waals surface area contributed by atoms with Crippen LogP contribution in [0, 0.1) is 0 Å². The van der Waals surface area contributed by atoms with Crippen LogP contribution in [-0.2, 0) is 21.3 Å². The Balaban J connectivity index is 1.72. The topological polar surface area (TPSA) is 73.2 Å². The maximum Gasteiger partial charge on any atom is 0.263 e. The first-order valence-corrected chi connectivity index (χ1v) is 9.80. The minimum absolute atomic E-state index is 0.0694. The van der Waals surface area contributed by atoms with Crippen LogP contribution in [-0.4, -0.2) is 30.9 Å². The first-order chi connectivity index (χ1) is 11.4. The zero-order valence-corrected chi connectivity index (χ0v) is 15.1. The van der Waals surface area contributed by atoms with E-state index < -0.39 is 10.0 Å². The molecule has 6 nitrogen and oxygen atoms in total. The van der Waals surface area contributed by atoms with Crippen molar-refractivity contribution in [1.82, 2.24) is 9.78 Å². The second-order valence-electron chi connectivity index (χ2n) is 5.62. The lowest BCUT2D eigenvalue weighted by molar-refractivity contribution is 0.00401. The fourth-order valence-corrected chi connectivity index (χ4v) is 4.36. The average molecular weight is 390 g/mol. The standard InChI is InChI=1S/C15H17Cl2N3O3S/c16-11-4-5-14(17)15(7-11)24(21,22)19-12-8-18-20(9-12)10-13-3-1-2-6-23-13/h4-5,7-9,13,19H,1-3,6,10H2/t13-/m1/s1. The Morgan fingerprint density at radius 1 is 1.33 bits per heavy atom. The summed E-state index contributed by atoms with van der Waals surface area (Å²) in [4.78, 5) is -0.0694. The Morgan fingerprint density at radius 3 is 2.92 bits per heavy atom. The van der Waals surface area contributed by atoms with Gasteiger partial charge >= 0.3 is 0 Å². The number of benzene rings is 1. The van der Waals surface area contributed by atoms with Gasteiger partial charge in [-0.2, -0.15) is 5.10 Å². The molecule has 1 aromatic heterocycles. The van der Waals surface area contributed by atoms with Crippen molar-refractivity contribution >= 4 is 38.9 Å². The average Bonchev–Trinajstić information content (AvgIpc) is 2.97. The molecule has 3 rings (SSSR count). The highest BCUT2D eigenvalue weighted by atomic mass is 35.5. The third-order valence-electron chi connectivity index (χ3n) is 3.73. The van der Waals surface area contributed by atoms with E-state index in [0.717, 1.165) is 25.9 Å². The molecule has 1 fully saturated rings. The highest BCUT2D eigenvalue weighted by molar-refractivity contribution is 7.92. The lowest BCUT2D eigenvalue weighted by Gasteiger charge is -2.22. The summed E-state index contributed by atoms with van der Waals surface area (Å²) in [6, 6.07) is 4.29. The van der Waals surface area contributed by atoms with Crippen LogP contribution in [0.2, 0.25) is 10.0 Å². The first-order valence-electron chi connectivity index (χ1n) is 7.56. The van der Waals surface area contributed by atoms with Crippen molar-refractivity contribution in [2.75, 3.05) is 11.3 Å². The minimum Gasteiger partial charge on any atom is -0.376 e. The second kappa shape index (κ2) is 7.31. The largest absolute Gasteiger partial charge is 0.376 e. The smallest absolute Gasteiger partial charge is 0.263 e. The van der Waals surface area contributed by atoms with E-state index in [-0.39, 0.29) is 16.0 Å². The third-order valence-corrected chi connectivity index (χ3v) is 5.83. The van der Waals surface area contributed by atoms with Crippen molar-refractivity contribution < 1.29 is 13.2 Å². The van der Waals surface area contributed by atoms with Crippen LogP contribution in [0.4, 0.5) is 5.69 Å². The number of sulfonamides is 1. The van der Waals surface area contributed by atoms with Crippen LogP contribution in [0.3, 0.4) is 0 Å². The molecule has 24 heavy (non-hydrogen) atoms. The van der Waals surface area contributed by atoms with Crippen molar-refractivity contribution in [3.8, 4) is 0 Å². The van der Waals surface area contributed by atoms with Gasteiger partial charge in [0.15, 0.2) is 0 Å². The fourth-order valence-electron chi connectivity index (χ4n) is 2.57. The number of ether oxygens (including phenoxy) is 1. The molecule has 0 radical (unpaired) electrons. The predicted octanol–water partition coefficient (Wildman–Crippen LogP) is 3.56. The summed E-state index contributed by atoms with van der Waals surface area (Å²) in [5, 5.41) is 4.58. The number of nitrogens with zero attached hydrogens (tertiary/aromatic N) is 2. The molecule has 2 aromatic rings. The van der Waals surface area contributed by atoms with Crippen LogP contribution in [0.5, 0.6) is 0 Å².